The van der Waals surface area contributed by atoms with Crippen molar-refractivity contribution in [2.75, 3.05) is 18.0 Å². The Morgan fingerprint density at radius 2 is 2.11 bits per heavy atom. The van der Waals surface area contributed by atoms with Gasteiger partial charge in [0, 0.05) is 23.6 Å². The van der Waals surface area contributed by atoms with Crippen LogP contribution >= 0.6 is 15.9 Å². The predicted octanol–water partition coefficient (Wildman–Crippen LogP) is 1.73. The minimum Gasteiger partial charge on any atom is -0.312 e. The Morgan fingerprint density at radius 1 is 1.33 bits per heavy atom. The first-order valence-corrected chi connectivity index (χ1v) is 6.86. The van der Waals surface area contributed by atoms with Crippen molar-refractivity contribution in [3.05, 3.63) is 28.2 Å². The highest BCUT2D eigenvalue weighted by Gasteiger charge is 2.36. The minimum absolute atomic E-state index is 0.405. The molecule has 2 aliphatic rings. The molecule has 0 aromatic heterocycles. The molecule has 1 amide bonds. The number of rotatable bonds is 4. The normalized spacial score (nSPS) is 18.4. The van der Waals surface area contributed by atoms with Crippen molar-refractivity contribution in [1.82, 2.24) is 5.32 Å². The van der Waals surface area contributed by atoms with Crippen LogP contribution in [0, 0.1) is 0 Å². The molecule has 1 aliphatic heterocycles. The molecule has 0 unspecified atom stereocenters. The lowest BCUT2D eigenvalue weighted by Crippen LogP contribution is -2.36. The number of para-hydroxylation sites is 1. The highest BCUT2D eigenvalue weighted by molar-refractivity contribution is 9.10. The van der Waals surface area contributed by atoms with Crippen LogP contribution in [-0.4, -0.2) is 30.8 Å². The van der Waals surface area contributed by atoms with E-state index in [9.17, 15) is 9.59 Å². The van der Waals surface area contributed by atoms with Gasteiger partial charge in [-0.25, -0.2) is 0 Å². The molecule has 0 spiro atoms. The molecule has 0 bridgehead atoms. The molecule has 0 atom stereocenters. The van der Waals surface area contributed by atoms with Gasteiger partial charge in [-0.2, -0.15) is 0 Å². The second-order valence-electron chi connectivity index (χ2n) is 4.65. The number of ketones is 1. The summed E-state index contributed by atoms with van der Waals surface area (Å²) in [5, 5.41) is 3.35. The maximum Gasteiger partial charge on any atom is 0.299 e. The highest BCUT2D eigenvalue weighted by atomic mass is 79.9. The molecule has 1 aromatic carbocycles. The molecular formula is C13H13BrN2O2. The third-order valence-corrected chi connectivity index (χ3v) is 3.93. The zero-order valence-corrected chi connectivity index (χ0v) is 11.4. The Bertz CT molecular complexity index is 526. The minimum atomic E-state index is -0.422. The number of halogens is 1. The number of amides is 1. The summed E-state index contributed by atoms with van der Waals surface area (Å²) in [6, 6.07) is 5.94. The van der Waals surface area contributed by atoms with Crippen molar-refractivity contribution < 1.29 is 9.59 Å². The lowest BCUT2D eigenvalue weighted by atomic mass is 10.1. The van der Waals surface area contributed by atoms with E-state index in [0.717, 1.165) is 11.0 Å². The van der Waals surface area contributed by atoms with Gasteiger partial charge < -0.3 is 10.2 Å². The van der Waals surface area contributed by atoms with Crippen LogP contribution in [0.1, 0.15) is 23.2 Å². The third kappa shape index (κ3) is 1.97. The van der Waals surface area contributed by atoms with Crippen LogP contribution in [0.3, 0.4) is 0 Å². The number of hydrogen-bond donors (Lipinski definition) is 1. The van der Waals surface area contributed by atoms with E-state index in [4.69, 9.17) is 0 Å². The number of benzene rings is 1. The van der Waals surface area contributed by atoms with Gasteiger partial charge in [-0.3, -0.25) is 9.59 Å². The average Bonchev–Trinajstić information content (AvgIpc) is 3.14. The van der Waals surface area contributed by atoms with Crippen LogP contribution in [0.2, 0.25) is 0 Å². The zero-order chi connectivity index (χ0) is 12.7. The molecule has 4 nitrogen and oxygen atoms in total. The molecular weight excluding hydrogens is 296 g/mol. The van der Waals surface area contributed by atoms with Gasteiger partial charge in [0.25, 0.3) is 11.7 Å². The molecule has 1 aliphatic carbocycles. The monoisotopic (exact) mass is 308 g/mol. The lowest BCUT2D eigenvalue weighted by Gasteiger charge is -2.17. The molecule has 1 heterocycles. The Morgan fingerprint density at radius 3 is 2.83 bits per heavy atom. The molecule has 3 rings (SSSR count). The Hall–Kier alpha value is -1.20. The predicted molar refractivity (Wildman–Crippen MR) is 71.9 cm³/mol. The van der Waals surface area contributed by atoms with Crippen LogP contribution in [0.4, 0.5) is 5.69 Å². The molecule has 1 saturated carbocycles. The van der Waals surface area contributed by atoms with E-state index < -0.39 is 11.7 Å². The highest BCUT2D eigenvalue weighted by Crippen LogP contribution is 2.35. The van der Waals surface area contributed by atoms with Crippen LogP contribution < -0.4 is 10.2 Å². The number of nitrogens with zero attached hydrogens (tertiary/aromatic N) is 1. The van der Waals surface area contributed by atoms with Crippen LogP contribution in [0.15, 0.2) is 22.7 Å². The van der Waals surface area contributed by atoms with Gasteiger partial charge in [-0.1, -0.05) is 6.07 Å². The summed E-state index contributed by atoms with van der Waals surface area (Å²) in [7, 11) is 0. The maximum atomic E-state index is 11.9. The third-order valence-electron chi connectivity index (χ3n) is 3.29. The Kier molecular flexibility index (Phi) is 2.95. The lowest BCUT2D eigenvalue weighted by molar-refractivity contribution is -0.114. The van der Waals surface area contributed by atoms with Gasteiger partial charge >= 0.3 is 0 Å². The van der Waals surface area contributed by atoms with E-state index in [1.54, 1.807) is 17.0 Å². The van der Waals surface area contributed by atoms with E-state index in [1.165, 1.54) is 12.8 Å². The van der Waals surface area contributed by atoms with Gasteiger partial charge in [0.15, 0.2) is 0 Å². The first-order chi connectivity index (χ1) is 8.68. The van der Waals surface area contributed by atoms with E-state index in [2.05, 4.69) is 21.2 Å². The van der Waals surface area contributed by atoms with Crippen molar-refractivity contribution in [2.45, 2.75) is 18.9 Å². The Balaban J connectivity index is 1.81. The number of fused-ring (bicyclic) bond motifs is 1. The molecule has 1 N–H and O–H groups in total. The summed E-state index contributed by atoms with van der Waals surface area (Å²) in [6.45, 7) is 1.27. The van der Waals surface area contributed by atoms with Crippen molar-refractivity contribution in [3.8, 4) is 0 Å². The smallest absolute Gasteiger partial charge is 0.299 e. The zero-order valence-electron chi connectivity index (χ0n) is 9.78. The van der Waals surface area contributed by atoms with Crippen molar-refractivity contribution in [2.24, 2.45) is 0 Å². The van der Waals surface area contributed by atoms with Crippen LogP contribution in [0.25, 0.3) is 0 Å². The van der Waals surface area contributed by atoms with Crippen LogP contribution in [0.5, 0.6) is 0 Å². The average molecular weight is 309 g/mol. The standard InChI is InChI=1S/C13H13BrN2O2/c14-10-3-1-2-9-11(10)16(13(18)12(9)17)7-6-15-8-4-5-8/h1-3,8,15H,4-7H2. The summed E-state index contributed by atoms with van der Waals surface area (Å²) >= 11 is 3.41. The number of carbonyl (C=O) groups is 2. The molecule has 18 heavy (non-hydrogen) atoms. The molecule has 1 fully saturated rings. The molecule has 5 heteroatoms. The van der Waals surface area contributed by atoms with E-state index in [-0.39, 0.29) is 0 Å². The molecule has 0 saturated heterocycles. The van der Waals surface area contributed by atoms with Crippen molar-refractivity contribution in [3.63, 3.8) is 0 Å². The fourth-order valence-electron chi connectivity index (χ4n) is 2.19. The fraction of sp³-hybridized carbons (Fsp3) is 0.385. The first-order valence-electron chi connectivity index (χ1n) is 6.06. The second-order valence-corrected chi connectivity index (χ2v) is 5.50. The van der Waals surface area contributed by atoms with Crippen molar-refractivity contribution >= 4 is 33.3 Å². The van der Waals surface area contributed by atoms with Crippen LogP contribution in [-0.2, 0) is 4.79 Å². The number of hydrogen-bond acceptors (Lipinski definition) is 3. The van der Waals surface area contributed by atoms with E-state index >= 15 is 0 Å². The van der Waals surface area contributed by atoms with E-state index in [1.807, 2.05) is 6.07 Å². The SMILES string of the molecule is O=C1C(=O)N(CCNC2CC2)c2c(Br)cccc21. The molecule has 94 valence electrons. The largest absolute Gasteiger partial charge is 0.312 e. The molecule has 1 aromatic rings. The first kappa shape index (κ1) is 11.9. The quantitative estimate of drug-likeness (QED) is 0.862. The van der Waals surface area contributed by atoms with Crippen molar-refractivity contribution in [1.29, 1.82) is 0 Å². The number of carbonyl (C=O) groups excluding carboxylic acids is 2. The van der Waals surface area contributed by atoms with Gasteiger partial charge in [-0.15, -0.1) is 0 Å². The van der Waals surface area contributed by atoms with E-state index in [0.29, 0.717) is 23.8 Å². The van der Waals surface area contributed by atoms with Gasteiger partial charge in [0.05, 0.1) is 11.3 Å². The number of Topliss-reactive ketones (excluding diaryl/α,β-unsaturated/α-hetero) is 1. The van der Waals surface area contributed by atoms with Gasteiger partial charge in [0.2, 0.25) is 0 Å². The number of nitrogens with one attached hydrogen (secondary N) is 1. The molecule has 0 radical (unpaired) electrons. The van der Waals surface area contributed by atoms with Gasteiger partial charge in [0.1, 0.15) is 0 Å². The topological polar surface area (TPSA) is 49.4 Å². The summed E-state index contributed by atoms with van der Waals surface area (Å²) in [5.41, 5.74) is 1.21. The summed E-state index contributed by atoms with van der Waals surface area (Å²) in [4.78, 5) is 25.3. The maximum absolute atomic E-state index is 11.9. The summed E-state index contributed by atoms with van der Waals surface area (Å²) in [6.07, 6.45) is 2.43. The number of anilines is 1. The summed E-state index contributed by atoms with van der Waals surface area (Å²) < 4.78 is 0.797. The Labute approximate surface area is 113 Å². The second kappa shape index (κ2) is 4.48. The summed E-state index contributed by atoms with van der Waals surface area (Å²) in [5.74, 6) is -0.827. The fourth-order valence-corrected chi connectivity index (χ4v) is 2.77. The van der Waals surface area contributed by atoms with Gasteiger partial charge in [-0.05, 0) is 40.9 Å².